The van der Waals surface area contributed by atoms with Crippen LogP contribution in [0.4, 0.5) is 13.2 Å². The minimum absolute atomic E-state index is 0.671. The lowest BCUT2D eigenvalue weighted by Crippen LogP contribution is -2.04. The second kappa shape index (κ2) is 7.17. The average molecular weight is 439 g/mol. The Morgan fingerprint density at radius 1 is 0.606 bits per heavy atom. The molecule has 33 heavy (non-hydrogen) atoms. The molecule has 2 heterocycles. The van der Waals surface area contributed by atoms with Crippen molar-refractivity contribution in [2.75, 3.05) is 0 Å². The third kappa shape index (κ3) is 3.14. The molecule has 0 atom stereocenters. The van der Waals surface area contributed by atoms with E-state index in [4.69, 9.17) is 9.97 Å². The summed E-state index contributed by atoms with van der Waals surface area (Å²) in [5, 5.41) is 0.935. The van der Waals surface area contributed by atoms with Crippen LogP contribution in [0.2, 0.25) is 0 Å². The lowest BCUT2D eigenvalue weighted by atomic mass is 9.98. The molecule has 0 fully saturated rings. The van der Waals surface area contributed by atoms with Crippen molar-refractivity contribution in [2.45, 2.75) is 6.18 Å². The molecule has 3 nitrogen and oxygen atoms in total. The lowest BCUT2D eigenvalue weighted by Gasteiger charge is -2.14. The monoisotopic (exact) mass is 439 g/mol. The predicted octanol–water partition coefficient (Wildman–Crippen LogP) is 7.39. The van der Waals surface area contributed by atoms with Gasteiger partial charge in [0.15, 0.2) is 0 Å². The molecule has 160 valence electrons. The van der Waals surface area contributed by atoms with Crippen molar-refractivity contribution in [1.29, 1.82) is 0 Å². The van der Waals surface area contributed by atoms with Gasteiger partial charge in [0, 0.05) is 10.9 Å². The normalized spacial score (nSPS) is 12.1. The van der Waals surface area contributed by atoms with Crippen LogP contribution in [0.1, 0.15) is 5.56 Å². The molecular formula is C27H16F3N3. The molecule has 0 bridgehead atoms. The summed E-state index contributed by atoms with van der Waals surface area (Å²) in [7, 11) is 0. The van der Waals surface area contributed by atoms with Crippen LogP contribution in [0, 0.1) is 0 Å². The largest absolute Gasteiger partial charge is 0.416 e. The molecule has 0 aliphatic carbocycles. The van der Waals surface area contributed by atoms with E-state index in [0.717, 1.165) is 50.8 Å². The zero-order chi connectivity index (χ0) is 22.6. The van der Waals surface area contributed by atoms with Crippen LogP contribution in [0.3, 0.4) is 0 Å². The standard InChI is InChI=1S/C27H16F3N3/c28-27(29,30)18-15-13-17(14-16-18)19-7-1-2-8-20(19)25-31-22-10-4-3-9-21(22)26-32-23-11-5-6-12-24(23)33(25)26/h1-16H. The van der Waals surface area contributed by atoms with Crippen LogP contribution in [0.15, 0.2) is 97.1 Å². The van der Waals surface area contributed by atoms with Gasteiger partial charge in [0.25, 0.3) is 0 Å². The van der Waals surface area contributed by atoms with Gasteiger partial charge in [-0.2, -0.15) is 13.2 Å². The van der Waals surface area contributed by atoms with Crippen LogP contribution in [-0.4, -0.2) is 14.4 Å². The van der Waals surface area contributed by atoms with Gasteiger partial charge in [0.1, 0.15) is 11.5 Å². The van der Waals surface area contributed by atoms with Crippen LogP contribution in [0.5, 0.6) is 0 Å². The Kier molecular flexibility index (Phi) is 4.23. The first kappa shape index (κ1) is 19.5. The minimum Gasteiger partial charge on any atom is -0.276 e. The van der Waals surface area contributed by atoms with Gasteiger partial charge in [-0.15, -0.1) is 0 Å². The Labute approximate surface area is 186 Å². The number of imidazole rings is 1. The molecule has 0 unspecified atom stereocenters. The molecule has 0 saturated carbocycles. The van der Waals surface area contributed by atoms with Gasteiger partial charge < -0.3 is 0 Å². The summed E-state index contributed by atoms with van der Waals surface area (Å²) in [4.78, 5) is 9.85. The molecule has 0 N–H and O–H groups in total. The second-order valence-corrected chi connectivity index (χ2v) is 7.83. The van der Waals surface area contributed by atoms with E-state index in [1.54, 1.807) is 0 Å². The van der Waals surface area contributed by atoms with Crippen LogP contribution in [0.25, 0.3) is 50.1 Å². The highest BCUT2D eigenvalue weighted by molar-refractivity contribution is 5.99. The quantitative estimate of drug-likeness (QED) is 0.282. The van der Waals surface area contributed by atoms with Gasteiger partial charge in [-0.05, 0) is 47.5 Å². The molecule has 0 aliphatic rings. The zero-order valence-corrected chi connectivity index (χ0v) is 17.2. The van der Waals surface area contributed by atoms with Crippen LogP contribution >= 0.6 is 0 Å². The summed E-state index contributed by atoms with van der Waals surface area (Å²) in [6.45, 7) is 0. The molecule has 0 aliphatic heterocycles. The van der Waals surface area contributed by atoms with Gasteiger partial charge >= 0.3 is 6.18 Å². The van der Waals surface area contributed by atoms with Gasteiger partial charge in [-0.3, -0.25) is 4.40 Å². The third-order valence-electron chi connectivity index (χ3n) is 5.84. The van der Waals surface area contributed by atoms with Gasteiger partial charge in [-0.1, -0.05) is 60.7 Å². The fraction of sp³-hybridized carbons (Fsp3) is 0.0370. The number of para-hydroxylation sites is 3. The van der Waals surface area contributed by atoms with Gasteiger partial charge in [0.2, 0.25) is 0 Å². The fourth-order valence-electron chi connectivity index (χ4n) is 4.29. The highest BCUT2D eigenvalue weighted by atomic mass is 19.4. The first-order valence-corrected chi connectivity index (χ1v) is 10.4. The molecule has 6 heteroatoms. The number of aromatic nitrogens is 3. The summed E-state index contributed by atoms with van der Waals surface area (Å²) in [6.07, 6.45) is -4.38. The minimum atomic E-state index is -4.38. The SMILES string of the molecule is FC(F)(F)c1ccc(-c2ccccc2-c2nc3ccccc3c3nc4ccccc4n23)cc1. The van der Waals surface area contributed by atoms with Crippen LogP contribution < -0.4 is 0 Å². The number of hydrogen-bond acceptors (Lipinski definition) is 2. The molecule has 4 aromatic carbocycles. The predicted molar refractivity (Wildman–Crippen MR) is 124 cm³/mol. The number of halogens is 3. The zero-order valence-electron chi connectivity index (χ0n) is 17.2. The van der Waals surface area contributed by atoms with Crippen molar-refractivity contribution in [3.8, 4) is 22.5 Å². The Morgan fingerprint density at radius 3 is 2.00 bits per heavy atom. The van der Waals surface area contributed by atoms with Gasteiger partial charge in [-0.25, -0.2) is 9.97 Å². The number of rotatable bonds is 2. The molecule has 0 radical (unpaired) electrons. The molecule has 0 saturated heterocycles. The summed E-state index contributed by atoms with van der Waals surface area (Å²) in [5.41, 5.74) is 4.99. The summed E-state index contributed by atoms with van der Waals surface area (Å²) >= 11 is 0. The van der Waals surface area contributed by atoms with Crippen LogP contribution in [-0.2, 0) is 6.18 Å². The highest BCUT2D eigenvalue weighted by Crippen LogP contribution is 2.36. The lowest BCUT2D eigenvalue weighted by molar-refractivity contribution is -0.137. The van der Waals surface area contributed by atoms with Crippen molar-refractivity contribution < 1.29 is 13.2 Å². The van der Waals surface area contributed by atoms with Crippen molar-refractivity contribution in [1.82, 2.24) is 14.4 Å². The summed E-state index contributed by atoms with van der Waals surface area (Å²) in [5.74, 6) is 0.688. The molecule has 6 rings (SSSR count). The highest BCUT2D eigenvalue weighted by Gasteiger charge is 2.30. The van der Waals surface area contributed by atoms with E-state index in [2.05, 4.69) is 0 Å². The first-order valence-electron chi connectivity index (χ1n) is 10.4. The molecular weight excluding hydrogens is 423 g/mol. The summed E-state index contributed by atoms with van der Waals surface area (Å²) < 4.78 is 41.3. The van der Waals surface area contributed by atoms with Crippen molar-refractivity contribution >= 4 is 27.6 Å². The number of alkyl halides is 3. The van der Waals surface area contributed by atoms with E-state index >= 15 is 0 Å². The van der Waals surface area contributed by atoms with Crippen molar-refractivity contribution in [2.24, 2.45) is 0 Å². The smallest absolute Gasteiger partial charge is 0.276 e. The Hall–Kier alpha value is -4.19. The Morgan fingerprint density at radius 2 is 1.24 bits per heavy atom. The molecule has 2 aromatic heterocycles. The van der Waals surface area contributed by atoms with Crippen molar-refractivity contribution in [3.05, 3.63) is 103 Å². The topological polar surface area (TPSA) is 30.2 Å². The number of benzene rings is 4. The number of nitrogens with zero attached hydrogens (tertiary/aromatic N) is 3. The first-order chi connectivity index (χ1) is 16.0. The maximum Gasteiger partial charge on any atom is 0.416 e. The fourth-order valence-corrected chi connectivity index (χ4v) is 4.29. The molecule has 0 spiro atoms. The second-order valence-electron chi connectivity index (χ2n) is 7.83. The third-order valence-corrected chi connectivity index (χ3v) is 5.84. The Balaban J connectivity index is 1.67. The van der Waals surface area contributed by atoms with E-state index in [9.17, 15) is 13.2 Å². The number of hydrogen-bond donors (Lipinski definition) is 0. The molecule has 6 aromatic rings. The van der Waals surface area contributed by atoms with Gasteiger partial charge in [0.05, 0.1) is 22.1 Å². The van der Waals surface area contributed by atoms with E-state index in [-0.39, 0.29) is 0 Å². The summed E-state index contributed by atoms with van der Waals surface area (Å²) in [6, 6.07) is 28.6. The van der Waals surface area contributed by atoms with E-state index in [1.165, 1.54) is 12.1 Å². The van der Waals surface area contributed by atoms with Crippen molar-refractivity contribution in [3.63, 3.8) is 0 Å². The maximum atomic E-state index is 13.1. The number of fused-ring (bicyclic) bond motifs is 5. The Bertz CT molecular complexity index is 1650. The molecule has 0 amide bonds. The van der Waals surface area contributed by atoms with E-state index in [0.29, 0.717) is 11.4 Å². The average Bonchev–Trinajstić information content (AvgIpc) is 3.23. The maximum absolute atomic E-state index is 13.1. The van der Waals surface area contributed by atoms with E-state index < -0.39 is 11.7 Å². The van der Waals surface area contributed by atoms with E-state index in [1.807, 2.05) is 77.2 Å².